The number of likely N-dealkylation sites (N-methyl/N-ethyl adjacent to an activating group) is 1. The second kappa shape index (κ2) is 7.70. The Morgan fingerprint density at radius 3 is 2.60 bits per heavy atom. The molecule has 0 spiro atoms. The molecule has 30 heavy (non-hydrogen) atoms. The van der Waals surface area contributed by atoms with Gasteiger partial charge in [-0.15, -0.1) is 0 Å². The van der Waals surface area contributed by atoms with Gasteiger partial charge in [-0.05, 0) is 49.2 Å². The number of aromatic nitrogens is 1. The molecular formula is C22H21FN2O4S. The smallest absolute Gasteiger partial charge is 0.328 e. The third-order valence-corrected chi connectivity index (χ3v) is 7.55. The fraction of sp³-hybridized carbons (Fsp3) is 0.227. The Kier molecular flexibility index (Phi) is 5.21. The van der Waals surface area contributed by atoms with Crippen LogP contribution in [0.15, 0.2) is 59.5 Å². The molecule has 4 rings (SSSR count). The molecule has 156 valence electrons. The lowest BCUT2D eigenvalue weighted by atomic mass is 10.0. The summed E-state index contributed by atoms with van der Waals surface area (Å²) in [7, 11) is -2.22. The van der Waals surface area contributed by atoms with Crippen molar-refractivity contribution in [1.82, 2.24) is 8.87 Å². The maximum atomic E-state index is 13.2. The van der Waals surface area contributed by atoms with Crippen molar-refractivity contribution >= 4 is 33.0 Å². The van der Waals surface area contributed by atoms with Gasteiger partial charge < -0.3 is 9.67 Å². The van der Waals surface area contributed by atoms with Crippen molar-refractivity contribution in [1.29, 1.82) is 0 Å². The zero-order valence-electron chi connectivity index (χ0n) is 16.3. The molecule has 8 heteroatoms. The first-order chi connectivity index (χ1) is 14.3. The molecule has 1 aromatic heterocycles. The average molecular weight is 428 g/mol. The Morgan fingerprint density at radius 1 is 1.20 bits per heavy atom. The molecule has 0 bridgehead atoms. The van der Waals surface area contributed by atoms with Crippen LogP contribution in [0, 0.1) is 5.82 Å². The fourth-order valence-electron chi connectivity index (χ4n) is 4.07. The summed E-state index contributed by atoms with van der Waals surface area (Å²) in [4.78, 5) is 11.1. The molecule has 0 amide bonds. The molecule has 1 aliphatic rings. The highest BCUT2D eigenvalue weighted by molar-refractivity contribution is 7.89. The second-order valence-electron chi connectivity index (χ2n) is 7.33. The molecule has 1 aliphatic heterocycles. The summed E-state index contributed by atoms with van der Waals surface area (Å²) in [5.41, 5.74) is 2.79. The first kappa shape index (κ1) is 20.3. The van der Waals surface area contributed by atoms with E-state index in [0.29, 0.717) is 19.4 Å². The number of hydrogen-bond acceptors (Lipinski definition) is 3. The standard InChI is InChI=1S/C22H21FN2O4S/c1-24(30(28,29)17-9-6-15(23)7-10-17)16-8-12-21-19(11-13-22(26)27)18-4-2-3-5-20(18)25(21)14-16/h2-7,9-11,13,16H,8,12,14H2,1H3,(H,26,27)/b13-11+. The van der Waals surface area contributed by atoms with Gasteiger partial charge in [0, 0.05) is 47.9 Å². The zero-order valence-corrected chi connectivity index (χ0v) is 17.1. The predicted molar refractivity (Wildman–Crippen MR) is 112 cm³/mol. The van der Waals surface area contributed by atoms with Crippen LogP contribution in [0.3, 0.4) is 0 Å². The monoisotopic (exact) mass is 428 g/mol. The van der Waals surface area contributed by atoms with E-state index in [2.05, 4.69) is 4.57 Å². The van der Waals surface area contributed by atoms with Gasteiger partial charge in [-0.2, -0.15) is 4.31 Å². The molecule has 1 N–H and O–H groups in total. The summed E-state index contributed by atoms with van der Waals surface area (Å²) < 4.78 is 42.7. The molecular weight excluding hydrogens is 407 g/mol. The topological polar surface area (TPSA) is 79.6 Å². The largest absolute Gasteiger partial charge is 0.478 e. The van der Waals surface area contributed by atoms with Gasteiger partial charge in [-0.3, -0.25) is 0 Å². The number of carboxylic acids is 1. The molecule has 6 nitrogen and oxygen atoms in total. The number of fused-ring (bicyclic) bond motifs is 3. The lowest BCUT2D eigenvalue weighted by molar-refractivity contribution is -0.131. The van der Waals surface area contributed by atoms with Crippen LogP contribution in [0.2, 0.25) is 0 Å². The summed E-state index contributed by atoms with van der Waals surface area (Å²) in [6.07, 6.45) is 3.94. The highest BCUT2D eigenvalue weighted by atomic mass is 32.2. The van der Waals surface area contributed by atoms with Crippen LogP contribution in [0.5, 0.6) is 0 Å². The van der Waals surface area contributed by atoms with Crippen molar-refractivity contribution in [2.45, 2.75) is 30.3 Å². The molecule has 2 heterocycles. The van der Waals surface area contributed by atoms with Crippen LogP contribution < -0.4 is 0 Å². The highest BCUT2D eigenvalue weighted by Gasteiger charge is 2.32. The second-order valence-corrected chi connectivity index (χ2v) is 9.32. The lowest BCUT2D eigenvalue weighted by Crippen LogP contribution is -2.42. The summed E-state index contributed by atoms with van der Waals surface area (Å²) in [5, 5.41) is 9.97. The van der Waals surface area contributed by atoms with E-state index in [4.69, 9.17) is 5.11 Å². The number of carboxylic acid groups (broad SMARTS) is 1. The van der Waals surface area contributed by atoms with Gasteiger partial charge in [0.1, 0.15) is 5.82 Å². The zero-order chi connectivity index (χ0) is 21.5. The first-order valence-corrected chi connectivity index (χ1v) is 11.0. The van der Waals surface area contributed by atoms with Gasteiger partial charge in [-0.1, -0.05) is 18.2 Å². The minimum Gasteiger partial charge on any atom is -0.478 e. The number of aliphatic carboxylic acids is 1. The van der Waals surface area contributed by atoms with E-state index in [9.17, 15) is 17.6 Å². The molecule has 0 radical (unpaired) electrons. The van der Waals surface area contributed by atoms with E-state index < -0.39 is 21.8 Å². The average Bonchev–Trinajstić information content (AvgIpc) is 3.05. The van der Waals surface area contributed by atoms with E-state index in [-0.39, 0.29) is 10.9 Å². The molecule has 0 fully saturated rings. The van der Waals surface area contributed by atoms with Crippen molar-refractivity contribution in [2.75, 3.05) is 7.05 Å². The van der Waals surface area contributed by atoms with Crippen LogP contribution >= 0.6 is 0 Å². The van der Waals surface area contributed by atoms with Gasteiger partial charge in [0.25, 0.3) is 0 Å². The summed E-state index contributed by atoms with van der Waals surface area (Å²) in [6.45, 7) is 0.452. The van der Waals surface area contributed by atoms with Gasteiger partial charge in [-0.25, -0.2) is 17.6 Å². The number of benzene rings is 2. The third-order valence-electron chi connectivity index (χ3n) is 5.63. The predicted octanol–water partition coefficient (Wildman–Crippen LogP) is 3.51. The Hall–Kier alpha value is -2.97. The van der Waals surface area contributed by atoms with E-state index in [1.807, 2.05) is 24.3 Å². The fourth-order valence-corrected chi connectivity index (χ4v) is 5.45. The molecule has 0 saturated heterocycles. The van der Waals surface area contributed by atoms with Crippen LogP contribution in [0.25, 0.3) is 17.0 Å². The minimum absolute atomic E-state index is 0.0552. The Bertz CT molecular complexity index is 1250. The van der Waals surface area contributed by atoms with Crippen molar-refractivity contribution in [3.8, 4) is 0 Å². The molecule has 0 saturated carbocycles. The third kappa shape index (κ3) is 3.53. The van der Waals surface area contributed by atoms with Gasteiger partial charge in [0.05, 0.1) is 4.90 Å². The van der Waals surface area contributed by atoms with E-state index >= 15 is 0 Å². The quantitative estimate of drug-likeness (QED) is 0.631. The Labute approximate surface area is 173 Å². The summed E-state index contributed by atoms with van der Waals surface area (Å²) in [5.74, 6) is -1.50. The van der Waals surface area contributed by atoms with Crippen molar-refractivity contribution < 1.29 is 22.7 Å². The highest BCUT2D eigenvalue weighted by Crippen LogP contribution is 2.33. The normalized spacial score (nSPS) is 17.0. The molecule has 0 aliphatic carbocycles. The SMILES string of the molecule is CN(C1CCc2c(/C=C/C(=O)O)c3ccccc3n2C1)S(=O)(=O)c1ccc(F)cc1. The van der Waals surface area contributed by atoms with E-state index in [1.54, 1.807) is 13.1 Å². The molecule has 2 aromatic carbocycles. The maximum absolute atomic E-state index is 13.2. The van der Waals surface area contributed by atoms with Crippen LogP contribution in [0.1, 0.15) is 17.7 Å². The number of nitrogens with zero attached hydrogens (tertiary/aromatic N) is 2. The van der Waals surface area contributed by atoms with Gasteiger partial charge >= 0.3 is 5.97 Å². The number of carbonyl (C=O) groups is 1. The number of para-hydroxylation sites is 1. The van der Waals surface area contributed by atoms with E-state index in [0.717, 1.165) is 40.4 Å². The lowest BCUT2D eigenvalue weighted by Gasteiger charge is -2.32. The maximum Gasteiger partial charge on any atom is 0.328 e. The minimum atomic E-state index is -3.76. The Morgan fingerprint density at radius 2 is 1.90 bits per heavy atom. The Balaban J connectivity index is 1.71. The van der Waals surface area contributed by atoms with Gasteiger partial charge in [0.15, 0.2) is 0 Å². The van der Waals surface area contributed by atoms with Gasteiger partial charge in [0.2, 0.25) is 10.0 Å². The number of rotatable bonds is 5. The van der Waals surface area contributed by atoms with Crippen LogP contribution in [-0.2, 0) is 27.8 Å². The van der Waals surface area contributed by atoms with Crippen molar-refractivity contribution in [3.05, 3.63) is 71.7 Å². The summed E-state index contributed by atoms with van der Waals surface area (Å²) >= 11 is 0. The molecule has 3 aromatic rings. The van der Waals surface area contributed by atoms with Crippen molar-refractivity contribution in [3.63, 3.8) is 0 Å². The summed E-state index contributed by atoms with van der Waals surface area (Å²) in [6, 6.07) is 12.2. The first-order valence-electron chi connectivity index (χ1n) is 9.54. The number of sulfonamides is 1. The van der Waals surface area contributed by atoms with Crippen molar-refractivity contribution in [2.24, 2.45) is 0 Å². The number of hydrogen-bond donors (Lipinski definition) is 1. The van der Waals surface area contributed by atoms with Crippen LogP contribution in [0.4, 0.5) is 4.39 Å². The van der Waals surface area contributed by atoms with Crippen LogP contribution in [-0.4, -0.2) is 41.5 Å². The molecule has 1 unspecified atom stereocenters. The molecule has 1 atom stereocenters. The number of halogens is 1. The van der Waals surface area contributed by atoms with E-state index in [1.165, 1.54) is 16.4 Å².